The minimum atomic E-state index is 0.0793. The first-order valence-corrected chi connectivity index (χ1v) is 8.58. The molecule has 0 saturated heterocycles. The highest BCUT2D eigenvalue weighted by Crippen LogP contribution is 2.44. The predicted octanol–water partition coefficient (Wildman–Crippen LogP) is 6.37. The number of benzene rings is 4. The molecule has 1 aliphatic carbocycles. The fourth-order valence-corrected chi connectivity index (χ4v) is 4.00. The third-order valence-electron chi connectivity index (χ3n) is 4.90. The van der Waals surface area contributed by atoms with E-state index in [0.29, 0.717) is 5.02 Å². The second-order valence-electron chi connectivity index (χ2n) is 6.25. The highest BCUT2D eigenvalue weighted by molar-refractivity contribution is 6.38. The molecule has 0 N–H and O–H groups in total. The molecule has 0 aromatic heterocycles. The third-order valence-corrected chi connectivity index (χ3v) is 5.23. The van der Waals surface area contributed by atoms with Gasteiger partial charge in [-0.2, -0.15) is 0 Å². The van der Waals surface area contributed by atoms with E-state index in [2.05, 4.69) is 12.1 Å². The van der Waals surface area contributed by atoms with Crippen molar-refractivity contribution in [1.82, 2.24) is 0 Å². The summed E-state index contributed by atoms with van der Waals surface area (Å²) < 4.78 is 0. The Labute approximate surface area is 150 Å². The SMILES string of the molecule is O=C1c2ccccc2-c2ccc3c(Cl)ccc(-c4ccccc4)c3c21. The zero-order valence-corrected chi connectivity index (χ0v) is 14.0. The molecule has 1 aliphatic rings. The summed E-state index contributed by atoms with van der Waals surface area (Å²) in [6, 6.07) is 25.9. The van der Waals surface area contributed by atoms with E-state index in [4.69, 9.17) is 11.6 Å². The van der Waals surface area contributed by atoms with Crippen LogP contribution in [0.15, 0.2) is 78.9 Å². The van der Waals surface area contributed by atoms with Gasteiger partial charge in [-0.1, -0.05) is 84.4 Å². The number of hydrogen-bond donors (Lipinski definition) is 0. The largest absolute Gasteiger partial charge is 0.289 e. The molecule has 118 valence electrons. The minimum Gasteiger partial charge on any atom is -0.289 e. The lowest BCUT2D eigenvalue weighted by atomic mass is 9.91. The average molecular weight is 341 g/mol. The first kappa shape index (κ1) is 14.4. The van der Waals surface area contributed by atoms with Crippen molar-refractivity contribution in [3.63, 3.8) is 0 Å². The van der Waals surface area contributed by atoms with Crippen molar-refractivity contribution in [2.45, 2.75) is 0 Å². The fourth-order valence-electron chi connectivity index (χ4n) is 3.78. The Kier molecular flexibility index (Phi) is 3.06. The van der Waals surface area contributed by atoms with Gasteiger partial charge in [-0.05, 0) is 28.3 Å². The van der Waals surface area contributed by atoms with Crippen LogP contribution in [-0.2, 0) is 0 Å². The van der Waals surface area contributed by atoms with Crippen molar-refractivity contribution < 1.29 is 4.79 Å². The topological polar surface area (TPSA) is 17.1 Å². The average Bonchev–Trinajstić information content (AvgIpc) is 2.96. The zero-order chi connectivity index (χ0) is 17.0. The summed E-state index contributed by atoms with van der Waals surface area (Å²) in [5, 5.41) is 2.53. The van der Waals surface area contributed by atoms with E-state index < -0.39 is 0 Å². The Bertz CT molecular complexity index is 1160. The predicted molar refractivity (Wildman–Crippen MR) is 103 cm³/mol. The van der Waals surface area contributed by atoms with Gasteiger partial charge in [-0.25, -0.2) is 0 Å². The number of carbonyl (C=O) groups excluding carboxylic acids is 1. The number of ketones is 1. The summed E-state index contributed by atoms with van der Waals surface area (Å²) >= 11 is 6.47. The van der Waals surface area contributed by atoms with Gasteiger partial charge < -0.3 is 0 Å². The first-order valence-electron chi connectivity index (χ1n) is 8.20. The Morgan fingerprint density at radius 3 is 2.08 bits per heavy atom. The molecule has 0 spiro atoms. The van der Waals surface area contributed by atoms with Gasteiger partial charge in [-0.3, -0.25) is 4.79 Å². The van der Waals surface area contributed by atoms with Crippen molar-refractivity contribution in [2.75, 3.05) is 0 Å². The number of rotatable bonds is 1. The molecule has 0 amide bonds. The van der Waals surface area contributed by atoms with E-state index in [1.54, 1.807) is 0 Å². The van der Waals surface area contributed by atoms with Gasteiger partial charge in [0.2, 0.25) is 0 Å². The maximum absolute atomic E-state index is 13.2. The molecule has 4 aromatic carbocycles. The Balaban J connectivity index is 1.94. The van der Waals surface area contributed by atoms with Crippen LogP contribution in [0.3, 0.4) is 0 Å². The number of fused-ring (bicyclic) bond motifs is 5. The van der Waals surface area contributed by atoms with Crippen LogP contribution in [0.25, 0.3) is 33.0 Å². The molecular formula is C23H13ClO. The first-order chi connectivity index (χ1) is 12.3. The van der Waals surface area contributed by atoms with E-state index in [1.165, 1.54) is 0 Å². The van der Waals surface area contributed by atoms with Gasteiger partial charge >= 0.3 is 0 Å². The Morgan fingerprint density at radius 1 is 0.600 bits per heavy atom. The van der Waals surface area contributed by atoms with Crippen LogP contribution in [0, 0.1) is 0 Å². The van der Waals surface area contributed by atoms with Crippen LogP contribution in [-0.4, -0.2) is 5.78 Å². The maximum atomic E-state index is 13.2. The Morgan fingerprint density at radius 2 is 1.28 bits per heavy atom. The summed E-state index contributed by atoms with van der Waals surface area (Å²) in [4.78, 5) is 13.2. The molecule has 0 radical (unpaired) electrons. The third kappa shape index (κ3) is 2.00. The van der Waals surface area contributed by atoms with Crippen molar-refractivity contribution in [3.05, 3.63) is 95.0 Å². The molecule has 4 aromatic rings. The van der Waals surface area contributed by atoms with Crippen LogP contribution in [0.1, 0.15) is 15.9 Å². The van der Waals surface area contributed by atoms with Gasteiger partial charge in [0.05, 0.1) is 0 Å². The lowest BCUT2D eigenvalue weighted by molar-refractivity contribution is 0.104. The van der Waals surface area contributed by atoms with E-state index in [9.17, 15) is 4.79 Å². The minimum absolute atomic E-state index is 0.0793. The standard InChI is InChI=1S/C23H13ClO/c24-20-13-12-15(14-6-2-1-3-7-14)21-19(20)11-10-17-16-8-4-5-9-18(16)23(25)22(17)21/h1-13H. The molecule has 0 unspecified atom stereocenters. The molecule has 0 atom stereocenters. The van der Waals surface area contributed by atoms with Crippen molar-refractivity contribution in [1.29, 1.82) is 0 Å². The van der Waals surface area contributed by atoms with E-state index >= 15 is 0 Å². The zero-order valence-electron chi connectivity index (χ0n) is 13.3. The van der Waals surface area contributed by atoms with Gasteiger partial charge in [-0.15, -0.1) is 0 Å². The lowest BCUT2D eigenvalue weighted by Gasteiger charge is -2.12. The molecule has 0 aliphatic heterocycles. The fraction of sp³-hybridized carbons (Fsp3) is 0. The second kappa shape index (κ2) is 5.30. The highest BCUT2D eigenvalue weighted by atomic mass is 35.5. The molecule has 0 bridgehead atoms. The van der Waals surface area contributed by atoms with Gasteiger partial charge in [0.15, 0.2) is 5.78 Å². The number of carbonyl (C=O) groups is 1. The maximum Gasteiger partial charge on any atom is 0.194 e. The van der Waals surface area contributed by atoms with Crippen molar-refractivity contribution >= 4 is 28.2 Å². The van der Waals surface area contributed by atoms with Crippen LogP contribution in [0.2, 0.25) is 5.02 Å². The van der Waals surface area contributed by atoms with Crippen LogP contribution in [0.4, 0.5) is 0 Å². The summed E-state index contributed by atoms with van der Waals surface area (Å²) in [7, 11) is 0. The van der Waals surface area contributed by atoms with Gasteiger partial charge in [0, 0.05) is 26.9 Å². The lowest BCUT2D eigenvalue weighted by Crippen LogP contribution is -1.98. The van der Waals surface area contributed by atoms with E-state index in [1.807, 2.05) is 66.7 Å². The molecule has 5 rings (SSSR count). The monoisotopic (exact) mass is 340 g/mol. The van der Waals surface area contributed by atoms with E-state index in [0.717, 1.165) is 44.2 Å². The molecule has 2 heteroatoms. The summed E-state index contributed by atoms with van der Waals surface area (Å²) in [6.07, 6.45) is 0. The molecule has 25 heavy (non-hydrogen) atoms. The van der Waals surface area contributed by atoms with Gasteiger partial charge in [0.25, 0.3) is 0 Å². The highest BCUT2D eigenvalue weighted by Gasteiger charge is 2.29. The molecule has 0 heterocycles. The number of hydrogen-bond acceptors (Lipinski definition) is 1. The normalized spacial score (nSPS) is 12.3. The second-order valence-corrected chi connectivity index (χ2v) is 6.65. The van der Waals surface area contributed by atoms with Crippen molar-refractivity contribution in [3.8, 4) is 22.3 Å². The smallest absolute Gasteiger partial charge is 0.194 e. The molecular weight excluding hydrogens is 328 g/mol. The Hall–Kier alpha value is -2.90. The quantitative estimate of drug-likeness (QED) is 0.346. The van der Waals surface area contributed by atoms with E-state index in [-0.39, 0.29) is 5.78 Å². The number of halogens is 1. The van der Waals surface area contributed by atoms with Crippen LogP contribution >= 0.6 is 11.6 Å². The summed E-state index contributed by atoms with van der Waals surface area (Å²) in [6.45, 7) is 0. The molecule has 1 nitrogen and oxygen atoms in total. The van der Waals surface area contributed by atoms with Gasteiger partial charge in [0.1, 0.15) is 0 Å². The summed E-state index contributed by atoms with van der Waals surface area (Å²) in [5.41, 5.74) is 5.65. The summed E-state index contributed by atoms with van der Waals surface area (Å²) in [5.74, 6) is 0.0793. The van der Waals surface area contributed by atoms with Crippen LogP contribution < -0.4 is 0 Å². The van der Waals surface area contributed by atoms with Crippen LogP contribution in [0.5, 0.6) is 0 Å². The molecule has 0 saturated carbocycles. The molecule has 0 fully saturated rings. The van der Waals surface area contributed by atoms with Crippen molar-refractivity contribution in [2.24, 2.45) is 0 Å².